The van der Waals surface area contributed by atoms with Crippen LogP contribution < -0.4 is 5.73 Å². The van der Waals surface area contributed by atoms with E-state index in [9.17, 15) is 0 Å². The summed E-state index contributed by atoms with van der Waals surface area (Å²) in [6.45, 7) is 11.0. The van der Waals surface area contributed by atoms with Gasteiger partial charge in [0.05, 0.1) is 12.1 Å². The van der Waals surface area contributed by atoms with Gasteiger partial charge in [-0.2, -0.15) is 4.98 Å². The van der Waals surface area contributed by atoms with Crippen molar-refractivity contribution in [2.75, 3.05) is 53.4 Å². The quantitative estimate of drug-likeness (QED) is 0.788. The highest BCUT2D eigenvalue weighted by molar-refractivity contribution is 4.99. The Morgan fingerprint density at radius 1 is 1.19 bits per heavy atom. The van der Waals surface area contributed by atoms with Crippen LogP contribution in [-0.2, 0) is 12.1 Å². The lowest BCUT2D eigenvalue weighted by molar-refractivity contribution is 0.111. The molecule has 21 heavy (non-hydrogen) atoms. The third-order valence-corrected chi connectivity index (χ3v) is 3.73. The summed E-state index contributed by atoms with van der Waals surface area (Å²) < 4.78 is 5.30. The van der Waals surface area contributed by atoms with E-state index in [1.807, 2.05) is 13.8 Å². The van der Waals surface area contributed by atoms with Gasteiger partial charge >= 0.3 is 0 Å². The summed E-state index contributed by atoms with van der Waals surface area (Å²) in [5.41, 5.74) is 5.42. The molecule has 0 unspecified atom stereocenters. The fourth-order valence-corrected chi connectivity index (χ4v) is 2.28. The minimum absolute atomic E-state index is 0.549. The van der Waals surface area contributed by atoms with Gasteiger partial charge in [-0.3, -0.25) is 9.80 Å². The molecule has 1 aromatic rings. The Morgan fingerprint density at radius 3 is 2.33 bits per heavy atom. The second-order valence-electron chi connectivity index (χ2n) is 6.65. The lowest BCUT2D eigenvalue weighted by Gasteiger charge is -2.34. The lowest BCUT2D eigenvalue weighted by Crippen LogP contribution is -2.47. The molecule has 0 amide bonds. The number of nitrogens with two attached hydrogens (primary N) is 1. The van der Waals surface area contributed by atoms with E-state index in [4.69, 9.17) is 10.3 Å². The summed E-state index contributed by atoms with van der Waals surface area (Å²) in [6.07, 6.45) is 0. The molecule has 7 heteroatoms. The molecule has 0 saturated carbocycles. The zero-order chi connectivity index (χ0) is 15.5. The van der Waals surface area contributed by atoms with E-state index in [0.29, 0.717) is 18.3 Å². The highest BCUT2D eigenvalue weighted by atomic mass is 16.5. The first-order chi connectivity index (χ1) is 9.84. The predicted octanol–water partition coefficient (Wildman–Crippen LogP) is -0.0574. The van der Waals surface area contributed by atoms with Gasteiger partial charge in [-0.25, -0.2) is 0 Å². The van der Waals surface area contributed by atoms with Crippen molar-refractivity contribution in [2.45, 2.75) is 25.9 Å². The van der Waals surface area contributed by atoms with Gasteiger partial charge in [0.15, 0.2) is 5.82 Å². The topological polar surface area (TPSA) is 74.7 Å². The predicted molar refractivity (Wildman–Crippen MR) is 81.8 cm³/mol. The Balaban J connectivity index is 1.77. The Hall–Kier alpha value is -1.02. The average Bonchev–Trinajstić information content (AvgIpc) is 2.86. The van der Waals surface area contributed by atoms with Crippen LogP contribution in [0.25, 0.3) is 0 Å². The number of likely N-dealkylation sites (N-methyl/N-ethyl adjacent to an activating group) is 1. The van der Waals surface area contributed by atoms with Gasteiger partial charge in [0.1, 0.15) is 0 Å². The Bertz CT molecular complexity index is 431. The van der Waals surface area contributed by atoms with E-state index in [-0.39, 0.29) is 0 Å². The van der Waals surface area contributed by atoms with Crippen LogP contribution in [0.5, 0.6) is 0 Å². The molecule has 0 aliphatic carbocycles. The van der Waals surface area contributed by atoms with E-state index in [1.54, 1.807) is 0 Å². The second kappa shape index (κ2) is 6.83. The van der Waals surface area contributed by atoms with Crippen molar-refractivity contribution in [3.05, 3.63) is 11.7 Å². The summed E-state index contributed by atoms with van der Waals surface area (Å²) in [7, 11) is 4.23. The largest absolute Gasteiger partial charge is 0.338 e. The van der Waals surface area contributed by atoms with E-state index in [2.05, 4.69) is 38.9 Å². The van der Waals surface area contributed by atoms with Gasteiger partial charge in [-0.05, 0) is 27.9 Å². The third-order valence-electron chi connectivity index (χ3n) is 3.73. The van der Waals surface area contributed by atoms with Crippen molar-refractivity contribution >= 4 is 0 Å². The molecule has 0 aromatic carbocycles. The van der Waals surface area contributed by atoms with E-state index < -0.39 is 5.54 Å². The van der Waals surface area contributed by atoms with E-state index in [0.717, 1.165) is 39.3 Å². The van der Waals surface area contributed by atoms with Crippen molar-refractivity contribution in [3.8, 4) is 0 Å². The van der Waals surface area contributed by atoms with Crippen LogP contribution in [0.15, 0.2) is 4.52 Å². The molecule has 2 N–H and O–H groups in total. The first-order valence-electron chi connectivity index (χ1n) is 7.56. The smallest absolute Gasteiger partial charge is 0.240 e. The summed E-state index contributed by atoms with van der Waals surface area (Å²) >= 11 is 0. The summed E-state index contributed by atoms with van der Waals surface area (Å²) in [4.78, 5) is 11.5. The number of hydrogen-bond acceptors (Lipinski definition) is 7. The molecule has 0 spiro atoms. The molecular weight excluding hydrogens is 268 g/mol. The number of piperazine rings is 1. The molecule has 1 aliphatic rings. The minimum atomic E-state index is -0.549. The average molecular weight is 296 g/mol. The highest BCUT2D eigenvalue weighted by Gasteiger charge is 2.23. The van der Waals surface area contributed by atoms with Crippen LogP contribution in [0.1, 0.15) is 25.6 Å². The number of aromatic nitrogens is 2. The van der Waals surface area contributed by atoms with Crippen LogP contribution >= 0.6 is 0 Å². The van der Waals surface area contributed by atoms with Gasteiger partial charge in [0.25, 0.3) is 0 Å². The summed E-state index contributed by atoms with van der Waals surface area (Å²) in [5, 5.41) is 3.96. The summed E-state index contributed by atoms with van der Waals surface area (Å²) in [5.74, 6) is 1.23. The Labute approximate surface area is 127 Å². The maximum atomic E-state index is 5.97. The van der Waals surface area contributed by atoms with Gasteiger partial charge in [-0.1, -0.05) is 5.16 Å². The normalized spacial score (nSPS) is 18.6. The third kappa shape index (κ3) is 5.03. The Morgan fingerprint density at radius 2 is 1.81 bits per heavy atom. The van der Waals surface area contributed by atoms with Gasteiger partial charge < -0.3 is 15.2 Å². The number of hydrogen-bond donors (Lipinski definition) is 1. The zero-order valence-corrected chi connectivity index (χ0v) is 13.7. The number of rotatable bonds is 6. The maximum absolute atomic E-state index is 5.97. The van der Waals surface area contributed by atoms with Crippen molar-refractivity contribution < 1.29 is 4.52 Å². The van der Waals surface area contributed by atoms with E-state index in [1.165, 1.54) is 0 Å². The maximum Gasteiger partial charge on any atom is 0.240 e. The van der Waals surface area contributed by atoms with Crippen LogP contribution in [0.2, 0.25) is 0 Å². The zero-order valence-electron chi connectivity index (χ0n) is 13.7. The fourth-order valence-electron chi connectivity index (χ4n) is 2.28. The van der Waals surface area contributed by atoms with Crippen molar-refractivity contribution in [1.82, 2.24) is 24.8 Å². The lowest BCUT2D eigenvalue weighted by atomic mass is 10.1. The number of nitrogens with zero attached hydrogens (tertiary/aromatic N) is 5. The van der Waals surface area contributed by atoms with E-state index >= 15 is 0 Å². The molecule has 1 saturated heterocycles. The fraction of sp³-hybridized carbons (Fsp3) is 0.857. The second-order valence-corrected chi connectivity index (χ2v) is 6.65. The minimum Gasteiger partial charge on any atom is -0.338 e. The van der Waals surface area contributed by atoms with Gasteiger partial charge in [0.2, 0.25) is 5.89 Å². The highest BCUT2D eigenvalue weighted by Crippen LogP contribution is 2.14. The van der Waals surface area contributed by atoms with Gasteiger partial charge in [0, 0.05) is 39.3 Å². The molecule has 0 bridgehead atoms. The standard InChI is InChI=1S/C14H28N6O/c1-14(2,15)13-16-12(21-17-13)11-20-9-7-19(8-10-20)6-5-18(3)4/h5-11,15H2,1-4H3. The monoisotopic (exact) mass is 296 g/mol. The molecule has 2 rings (SSSR count). The molecule has 1 fully saturated rings. The van der Waals surface area contributed by atoms with Crippen LogP contribution in [0, 0.1) is 0 Å². The van der Waals surface area contributed by atoms with Crippen LogP contribution in [0.3, 0.4) is 0 Å². The molecule has 1 aliphatic heterocycles. The molecule has 0 radical (unpaired) electrons. The molecule has 2 heterocycles. The van der Waals surface area contributed by atoms with Crippen molar-refractivity contribution in [1.29, 1.82) is 0 Å². The summed E-state index contributed by atoms with van der Waals surface area (Å²) in [6, 6.07) is 0. The van der Waals surface area contributed by atoms with Crippen molar-refractivity contribution in [2.24, 2.45) is 5.73 Å². The molecule has 1 aromatic heterocycles. The molecule has 120 valence electrons. The first-order valence-corrected chi connectivity index (χ1v) is 7.56. The molecule has 0 atom stereocenters. The first kappa shape index (κ1) is 16.4. The molecule has 7 nitrogen and oxygen atoms in total. The van der Waals surface area contributed by atoms with Crippen LogP contribution in [0.4, 0.5) is 0 Å². The Kier molecular flexibility index (Phi) is 5.32. The van der Waals surface area contributed by atoms with Gasteiger partial charge in [-0.15, -0.1) is 0 Å². The van der Waals surface area contributed by atoms with Crippen LogP contribution in [-0.4, -0.2) is 78.2 Å². The SMILES string of the molecule is CN(C)CCN1CCN(Cc2nc(C(C)(C)N)no2)CC1. The molecular formula is C14H28N6O. The van der Waals surface area contributed by atoms with Crippen molar-refractivity contribution in [3.63, 3.8) is 0 Å².